The van der Waals surface area contributed by atoms with Crippen molar-refractivity contribution >= 4 is 11.8 Å². The second-order valence-electron chi connectivity index (χ2n) is 7.01. The summed E-state index contributed by atoms with van der Waals surface area (Å²) in [6.07, 6.45) is 1.81. The minimum Gasteiger partial charge on any atom is -0.493 e. The van der Waals surface area contributed by atoms with Gasteiger partial charge in [-0.1, -0.05) is 0 Å². The lowest BCUT2D eigenvalue weighted by Crippen LogP contribution is -2.57. The molecule has 3 aliphatic rings. The number of hydrogen-bond donors (Lipinski definition) is 1. The Kier molecular flexibility index (Phi) is 5.07. The molecule has 4 rings (SSSR count). The zero-order valence-electron chi connectivity index (χ0n) is 15.5. The van der Waals surface area contributed by atoms with Crippen LogP contribution in [0.25, 0.3) is 0 Å². The van der Waals surface area contributed by atoms with E-state index in [1.54, 1.807) is 19.2 Å². The summed E-state index contributed by atoms with van der Waals surface area (Å²) in [5.74, 6) is 1.62. The van der Waals surface area contributed by atoms with Crippen molar-refractivity contribution in [3.63, 3.8) is 0 Å². The summed E-state index contributed by atoms with van der Waals surface area (Å²) in [5, 5.41) is 3.09. The van der Waals surface area contributed by atoms with Gasteiger partial charge in [0.1, 0.15) is 13.2 Å². The van der Waals surface area contributed by atoms with Gasteiger partial charge in [0.25, 0.3) is 5.91 Å². The van der Waals surface area contributed by atoms with Crippen molar-refractivity contribution in [2.24, 2.45) is 0 Å². The highest BCUT2D eigenvalue weighted by Gasteiger charge is 2.32. The maximum atomic E-state index is 13.1. The highest BCUT2D eigenvalue weighted by molar-refractivity contribution is 5.96. The molecular formula is C19H25N3O5. The van der Waals surface area contributed by atoms with E-state index in [0.29, 0.717) is 62.2 Å². The molecule has 2 amide bonds. The van der Waals surface area contributed by atoms with Gasteiger partial charge >= 0.3 is 0 Å². The third-order valence-corrected chi connectivity index (χ3v) is 5.33. The van der Waals surface area contributed by atoms with Crippen LogP contribution in [0.5, 0.6) is 17.2 Å². The maximum Gasteiger partial charge on any atom is 0.254 e. The summed E-state index contributed by atoms with van der Waals surface area (Å²) in [6, 6.07) is 3.50. The third kappa shape index (κ3) is 3.53. The Morgan fingerprint density at radius 2 is 2.11 bits per heavy atom. The third-order valence-electron chi connectivity index (χ3n) is 5.33. The van der Waals surface area contributed by atoms with Gasteiger partial charge in [0, 0.05) is 37.8 Å². The van der Waals surface area contributed by atoms with Crippen LogP contribution in [0, 0.1) is 0 Å². The number of hydrogen-bond acceptors (Lipinski definition) is 6. The SMILES string of the molecule is COc1cc(C(=O)N2CCCC(N3CCNCC3=O)C2)cc2c1OCCO2. The number of methoxy groups -OCH3 is 1. The van der Waals surface area contributed by atoms with E-state index in [0.717, 1.165) is 19.4 Å². The van der Waals surface area contributed by atoms with Crippen LogP contribution < -0.4 is 19.5 Å². The molecule has 1 N–H and O–H groups in total. The van der Waals surface area contributed by atoms with E-state index >= 15 is 0 Å². The average molecular weight is 375 g/mol. The van der Waals surface area contributed by atoms with Crippen molar-refractivity contribution in [1.29, 1.82) is 0 Å². The van der Waals surface area contributed by atoms with Gasteiger partial charge in [-0.2, -0.15) is 0 Å². The van der Waals surface area contributed by atoms with Crippen LogP contribution in [0.3, 0.4) is 0 Å². The highest BCUT2D eigenvalue weighted by Crippen LogP contribution is 2.40. The first-order valence-electron chi connectivity index (χ1n) is 9.44. The molecular weight excluding hydrogens is 350 g/mol. The number of piperidine rings is 1. The summed E-state index contributed by atoms with van der Waals surface area (Å²) in [4.78, 5) is 29.1. The number of amides is 2. The van der Waals surface area contributed by atoms with Gasteiger partial charge in [-0.15, -0.1) is 0 Å². The van der Waals surface area contributed by atoms with Crippen molar-refractivity contribution in [2.45, 2.75) is 18.9 Å². The molecule has 2 saturated heterocycles. The summed E-state index contributed by atoms with van der Waals surface area (Å²) < 4.78 is 16.6. The maximum absolute atomic E-state index is 13.1. The Bertz CT molecular complexity index is 721. The van der Waals surface area contributed by atoms with Crippen LogP contribution in [-0.4, -0.2) is 80.7 Å². The summed E-state index contributed by atoms with van der Waals surface area (Å²) >= 11 is 0. The second-order valence-corrected chi connectivity index (χ2v) is 7.01. The molecule has 0 aliphatic carbocycles. The molecule has 1 unspecified atom stereocenters. The monoisotopic (exact) mass is 375 g/mol. The van der Waals surface area contributed by atoms with Gasteiger partial charge in [-0.25, -0.2) is 0 Å². The largest absolute Gasteiger partial charge is 0.493 e. The highest BCUT2D eigenvalue weighted by atomic mass is 16.6. The molecule has 2 fully saturated rings. The fourth-order valence-corrected chi connectivity index (χ4v) is 3.98. The molecule has 8 heteroatoms. The van der Waals surface area contributed by atoms with Gasteiger partial charge < -0.3 is 29.3 Å². The first kappa shape index (κ1) is 17.9. The van der Waals surface area contributed by atoms with Gasteiger partial charge in [-0.3, -0.25) is 9.59 Å². The number of carbonyl (C=O) groups is 2. The standard InChI is InChI=1S/C19H25N3O5/c1-25-15-9-13(10-16-18(15)27-8-7-26-16)19(24)21-5-2-3-14(12-21)22-6-4-20-11-17(22)23/h9-10,14,20H,2-8,11-12H2,1H3. The summed E-state index contributed by atoms with van der Waals surface area (Å²) in [5.41, 5.74) is 0.517. The minimum atomic E-state index is -0.0717. The van der Waals surface area contributed by atoms with E-state index in [2.05, 4.69) is 5.32 Å². The quantitative estimate of drug-likeness (QED) is 0.829. The van der Waals surface area contributed by atoms with Gasteiger partial charge in [0.05, 0.1) is 13.7 Å². The van der Waals surface area contributed by atoms with Gasteiger partial charge in [0.2, 0.25) is 11.7 Å². The van der Waals surface area contributed by atoms with E-state index in [9.17, 15) is 9.59 Å². The molecule has 146 valence electrons. The molecule has 0 aromatic heterocycles. The smallest absolute Gasteiger partial charge is 0.254 e. The molecule has 3 aliphatic heterocycles. The Hall–Kier alpha value is -2.48. The van der Waals surface area contributed by atoms with Gasteiger partial charge in [-0.05, 0) is 25.0 Å². The zero-order valence-corrected chi connectivity index (χ0v) is 15.5. The molecule has 0 radical (unpaired) electrons. The van der Waals surface area contributed by atoms with Crippen LogP contribution in [0.15, 0.2) is 12.1 Å². The Morgan fingerprint density at radius 1 is 1.26 bits per heavy atom. The fourth-order valence-electron chi connectivity index (χ4n) is 3.98. The molecule has 0 bridgehead atoms. The van der Waals surface area contributed by atoms with Crippen LogP contribution in [0.4, 0.5) is 0 Å². The van der Waals surface area contributed by atoms with Crippen molar-refractivity contribution in [1.82, 2.24) is 15.1 Å². The lowest BCUT2D eigenvalue weighted by atomic mass is 10.0. The second kappa shape index (κ2) is 7.64. The Balaban J connectivity index is 1.53. The van der Waals surface area contributed by atoms with Crippen LogP contribution >= 0.6 is 0 Å². The fraction of sp³-hybridized carbons (Fsp3) is 0.579. The van der Waals surface area contributed by atoms with Crippen LogP contribution in [-0.2, 0) is 4.79 Å². The molecule has 8 nitrogen and oxygen atoms in total. The molecule has 0 saturated carbocycles. The van der Waals surface area contributed by atoms with E-state index in [4.69, 9.17) is 14.2 Å². The number of likely N-dealkylation sites (tertiary alicyclic amines) is 1. The summed E-state index contributed by atoms with van der Waals surface area (Å²) in [6.45, 7) is 4.03. The van der Waals surface area contributed by atoms with Crippen LogP contribution in [0.1, 0.15) is 23.2 Å². The van der Waals surface area contributed by atoms with Gasteiger partial charge in [0.15, 0.2) is 11.5 Å². The normalized spacial score (nSPS) is 22.6. The van der Waals surface area contributed by atoms with Crippen LogP contribution in [0.2, 0.25) is 0 Å². The number of carbonyl (C=O) groups excluding carboxylic acids is 2. The lowest BCUT2D eigenvalue weighted by Gasteiger charge is -2.41. The van der Waals surface area contributed by atoms with E-state index in [1.165, 1.54) is 0 Å². The lowest BCUT2D eigenvalue weighted by molar-refractivity contribution is -0.135. The minimum absolute atomic E-state index is 0.0717. The first-order chi connectivity index (χ1) is 13.2. The number of benzene rings is 1. The van der Waals surface area contributed by atoms with Crippen molar-refractivity contribution in [3.05, 3.63) is 17.7 Å². The predicted molar refractivity (Wildman–Crippen MR) is 97.5 cm³/mol. The first-order valence-corrected chi connectivity index (χ1v) is 9.44. The molecule has 1 atom stereocenters. The Labute approximate surface area is 158 Å². The number of ether oxygens (including phenoxy) is 3. The molecule has 1 aromatic rings. The van der Waals surface area contributed by atoms with Crippen molar-refractivity contribution in [2.75, 3.05) is 53.0 Å². The van der Waals surface area contributed by atoms with Crippen molar-refractivity contribution in [3.8, 4) is 17.2 Å². The molecule has 3 heterocycles. The number of rotatable bonds is 3. The molecule has 1 aromatic carbocycles. The predicted octanol–water partition coefficient (Wildman–Crippen LogP) is 0.503. The number of nitrogens with zero attached hydrogens (tertiary/aromatic N) is 2. The van der Waals surface area contributed by atoms with E-state index in [1.807, 2.05) is 9.80 Å². The number of nitrogens with one attached hydrogen (secondary N) is 1. The number of piperazine rings is 1. The van der Waals surface area contributed by atoms with E-state index in [-0.39, 0.29) is 17.9 Å². The number of fused-ring (bicyclic) bond motifs is 1. The molecule has 0 spiro atoms. The zero-order chi connectivity index (χ0) is 18.8. The van der Waals surface area contributed by atoms with E-state index < -0.39 is 0 Å². The Morgan fingerprint density at radius 3 is 2.93 bits per heavy atom. The topological polar surface area (TPSA) is 80.3 Å². The van der Waals surface area contributed by atoms with Crippen molar-refractivity contribution < 1.29 is 23.8 Å². The summed E-state index contributed by atoms with van der Waals surface area (Å²) in [7, 11) is 1.55. The molecule has 27 heavy (non-hydrogen) atoms. The average Bonchev–Trinajstić information content (AvgIpc) is 2.72.